The van der Waals surface area contributed by atoms with Crippen molar-refractivity contribution in [1.29, 1.82) is 0 Å². The van der Waals surface area contributed by atoms with Crippen LogP contribution in [0.5, 0.6) is 0 Å². The van der Waals surface area contributed by atoms with Gasteiger partial charge < -0.3 is 10.1 Å². The average molecular weight is 266 g/mol. The van der Waals surface area contributed by atoms with Gasteiger partial charge in [-0.25, -0.2) is 0 Å². The molecule has 0 aromatic carbocycles. The molecule has 3 nitrogen and oxygen atoms in total. The summed E-state index contributed by atoms with van der Waals surface area (Å²) < 4.78 is 5.42. The first kappa shape index (κ1) is 15.0. The molecule has 0 aromatic rings. The van der Waals surface area contributed by atoms with E-state index >= 15 is 0 Å². The molecule has 0 spiro atoms. The van der Waals surface area contributed by atoms with Crippen LogP contribution < -0.4 is 5.32 Å². The summed E-state index contributed by atoms with van der Waals surface area (Å²) in [4.78, 5) is 2.57. The van der Waals surface area contributed by atoms with Crippen molar-refractivity contribution in [3.05, 3.63) is 11.6 Å². The number of nitrogens with zero attached hydrogens (tertiary/aromatic N) is 1. The average Bonchev–Trinajstić information content (AvgIpc) is 2.91. The van der Waals surface area contributed by atoms with Crippen molar-refractivity contribution >= 4 is 0 Å². The third kappa shape index (κ3) is 5.64. The lowest BCUT2D eigenvalue weighted by Crippen LogP contribution is -2.43. The van der Waals surface area contributed by atoms with Crippen molar-refractivity contribution in [3.8, 4) is 0 Å². The second-order valence-electron chi connectivity index (χ2n) is 6.33. The zero-order valence-corrected chi connectivity index (χ0v) is 12.7. The van der Waals surface area contributed by atoms with E-state index in [1.165, 1.54) is 50.9 Å². The number of likely N-dealkylation sites (tertiary alicyclic amines) is 1. The Labute approximate surface area is 118 Å². The third-order valence-corrected chi connectivity index (χ3v) is 4.35. The van der Waals surface area contributed by atoms with Gasteiger partial charge in [0.15, 0.2) is 0 Å². The van der Waals surface area contributed by atoms with Gasteiger partial charge in [-0.05, 0) is 65.1 Å². The standard InChI is InChI=1S/C16H30N2O/c1-14(2)4-9-18-10-5-16(6-11-18)17-8-3-15-7-12-19-13-15/h4,15-17H,3,5-13H2,1-2H3. The van der Waals surface area contributed by atoms with Crippen molar-refractivity contribution in [2.75, 3.05) is 39.4 Å². The summed E-state index contributed by atoms with van der Waals surface area (Å²) in [6.07, 6.45) is 7.50. The minimum atomic E-state index is 0.741. The van der Waals surface area contributed by atoms with E-state index in [-0.39, 0.29) is 0 Å². The van der Waals surface area contributed by atoms with E-state index in [9.17, 15) is 0 Å². The topological polar surface area (TPSA) is 24.5 Å². The van der Waals surface area contributed by atoms with Gasteiger partial charge in [-0.2, -0.15) is 0 Å². The smallest absolute Gasteiger partial charge is 0.0495 e. The van der Waals surface area contributed by atoms with Crippen LogP contribution in [0.4, 0.5) is 0 Å². The van der Waals surface area contributed by atoms with Crippen LogP contribution in [0.2, 0.25) is 0 Å². The van der Waals surface area contributed by atoms with Gasteiger partial charge in [-0.3, -0.25) is 4.90 Å². The fraction of sp³-hybridized carbons (Fsp3) is 0.875. The minimum absolute atomic E-state index is 0.741. The molecule has 1 N–H and O–H groups in total. The number of allylic oxidation sites excluding steroid dienone is 1. The van der Waals surface area contributed by atoms with Gasteiger partial charge in [0.1, 0.15) is 0 Å². The Morgan fingerprint density at radius 2 is 2.05 bits per heavy atom. The zero-order valence-electron chi connectivity index (χ0n) is 12.7. The third-order valence-electron chi connectivity index (χ3n) is 4.35. The maximum Gasteiger partial charge on any atom is 0.0495 e. The fourth-order valence-corrected chi connectivity index (χ4v) is 2.93. The Balaban J connectivity index is 1.54. The number of ether oxygens (including phenoxy) is 1. The van der Waals surface area contributed by atoms with Crippen LogP contribution in [0.3, 0.4) is 0 Å². The molecule has 0 aromatic heterocycles. The summed E-state index contributed by atoms with van der Waals surface area (Å²) in [5.74, 6) is 0.810. The lowest BCUT2D eigenvalue weighted by atomic mass is 10.0. The number of rotatable bonds is 6. The Bertz CT molecular complexity index is 272. The highest BCUT2D eigenvalue weighted by Gasteiger charge is 2.19. The number of piperidine rings is 1. The van der Waals surface area contributed by atoms with Crippen LogP contribution >= 0.6 is 0 Å². The largest absolute Gasteiger partial charge is 0.381 e. The summed E-state index contributed by atoms with van der Waals surface area (Å²) in [5.41, 5.74) is 1.43. The maximum absolute atomic E-state index is 5.42. The number of hydrogen-bond donors (Lipinski definition) is 1. The first-order chi connectivity index (χ1) is 9.24. The monoisotopic (exact) mass is 266 g/mol. The van der Waals surface area contributed by atoms with E-state index < -0.39 is 0 Å². The normalized spacial score (nSPS) is 25.7. The molecule has 2 saturated heterocycles. The SMILES string of the molecule is CC(C)=CCN1CCC(NCCC2CCOC2)CC1. The molecule has 1 atom stereocenters. The summed E-state index contributed by atoms with van der Waals surface area (Å²) >= 11 is 0. The molecule has 0 radical (unpaired) electrons. The van der Waals surface area contributed by atoms with E-state index in [1.54, 1.807) is 0 Å². The molecule has 19 heavy (non-hydrogen) atoms. The molecule has 2 aliphatic heterocycles. The molecular weight excluding hydrogens is 236 g/mol. The lowest BCUT2D eigenvalue weighted by molar-refractivity contribution is 0.182. The number of nitrogens with one attached hydrogen (secondary N) is 1. The summed E-state index contributed by atoms with van der Waals surface area (Å²) in [7, 11) is 0. The predicted octanol–water partition coefficient (Wildman–Crippen LogP) is 2.43. The van der Waals surface area contributed by atoms with Crippen LogP contribution in [-0.2, 0) is 4.74 Å². The highest BCUT2D eigenvalue weighted by atomic mass is 16.5. The summed E-state index contributed by atoms with van der Waals surface area (Å²) in [6, 6.07) is 0.741. The molecule has 110 valence electrons. The molecule has 2 fully saturated rings. The van der Waals surface area contributed by atoms with Crippen LogP contribution in [-0.4, -0.2) is 50.3 Å². The molecule has 0 aliphatic carbocycles. The highest BCUT2D eigenvalue weighted by molar-refractivity contribution is 4.95. The molecule has 0 bridgehead atoms. The Morgan fingerprint density at radius 3 is 2.68 bits per heavy atom. The van der Waals surface area contributed by atoms with E-state index in [2.05, 4.69) is 30.1 Å². The molecule has 1 unspecified atom stereocenters. The summed E-state index contributed by atoms with van der Waals surface area (Å²) in [6.45, 7) is 11.1. The van der Waals surface area contributed by atoms with Gasteiger partial charge in [0.2, 0.25) is 0 Å². The zero-order chi connectivity index (χ0) is 13.5. The van der Waals surface area contributed by atoms with Crippen LogP contribution in [0, 0.1) is 5.92 Å². The molecule has 0 saturated carbocycles. The second kappa shape index (κ2) is 8.03. The minimum Gasteiger partial charge on any atom is -0.381 e. The van der Waals surface area contributed by atoms with Gasteiger partial charge in [0.05, 0.1) is 0 Å². The van der Waals surface area contributed by atoms with Crippen LogP contribution in [0.25, 0.3) is 0 Å². The first-order valence-corrected chi connectivity index (χ1v) is 7.91. The van der Waals surface area contributed by atoms with Gasteiger partial charge in [-0.1, -0.05) is 11.6 Å². The van der Waals surface area contributed by atoms with E-state index in [1.807, 2.05) is 0 Å². The van der Waals surface area contributed by atoms with Gasteiger partial charge in [0.25, 0.3) is 0 Å². The summed E-state index contributed by atoms with van der Waals surface area (Å²) in [5, 5.41) is 3.74. The second-order valence-corrected chi connectivity index (χ2v) is 6.33. The fourth-order valence-electron chi connectivity index (χ4n) is 2.93. The Morgan fingerprint density at radius 1 is 1.26 bits per heavy atom. The molecular formula is C16H30N2O. The van der Waals surface area contributed by atoms with E-state index in [4.69, 9.17) is 4.74 Å². The van der Waals surface area contributed by atoms with Crippen molar-refractivity contribution in [3.63, 3.8) is 0 Å². The molecule has 0 amide bonds. The maximum atomic E-state index is 5.42. The molecule has 3 heteroatoms. The molecule has 2 rings (SSSR count). The van der Waals surface area contributed by atoms with Crippen molar-refractivity contribution in [2.24, 2.45) is 5.92 Å². The lowest BCUT2D eigenvalue weighted by Gasteiger charge is -2.32. The quantitative estimate of drug-likeness (QED) is 0.747. The number of hydrogen-bond acceptors (Lipinski definition) is 3. The molecule has 2 heterocycles. The first-order valence-electron chi connectivity index (χ1n) is 7.91. The van der Waals surface area contributed by atoms with Crippen molar-refractivity contribution in [1.82, 2.24) is 10.2 Å². The van der Waals surface area contributed by atoms with E-state index in [0.717, 1.165) is 31.7 Å². The van der Waals surface area contributed by atoms with Crippen molar-refractivity contribution in [2.45, 2.75) is 45.6 Å². The van der Waals surface area contributed by atoms with Gasteiger partial charge in [-0.15, -0.1) is 0 Å². The van der Waals surface area contributed by atoms with Gasteiger partial charge in [0, 0.05) is 25.8 Å². The Hall–Kier alpha value is -0.380. The van der Waals surface area contributed by atoms with Crippen molar-refractivity contribution < 1.29 is 4.74 Å². The van der Waals surface area contributed by atoms with Crippen LogP contribution in [0.1, 0.15) is 39.5 Å². The Kier molecular flexibility index (Phi) is 6.35. The van der Waals surface area contributed by atoms with Crippen LogP contribution in [0.15, 0.2) is 11.6 Å². The predicted molar refractivity (Wildman–Crippen MR) is 80.4 cm³/mol. The van der Waals surface area contributed by atoms with Gasteiger partial charge >= 0.3 is 0 Å². The molecule has 2 aliphatic rings. The van der Waals surface area contributed by atoms with E-state index in [0.29, 0.717) is 0 Å². The highest BCUT2D eigenvalue weighted by Crippen LogP contribution is 2.16.